The highest BCUT2D eigenvalue weighted by molar-refractivity contribution is 5.77. The molecule has 1 heterocycles. The molecule has 0 amide bonds. The number of aliphatic hydroxyl groups excluding tert-OH is 1. The molecule has 3 nitrogen and oxygen atoms in total. The zero-order valence-electron chi connectivity index (χ0n) is 13.7. The van der Waals surface area contributed by atoms with Crippen LogP contribution in [-0.4, -0.2) is 23.8 Å². The third-order valence-corrected chi connectivity index (χ3v) is 8.70. The van der Waals surface area contributed by atoms with Crippen LogP contribution in [0.3, 0.4) is 0 Å². The van der Waals surface area contributed by atoms with E-state index in [0.717, 1.165) is 53.8 Å². The maximum absolute atomic E-state index is 11.4. The van der Waals surface area contributed by atoms with Gasteiger partial charge in [-0.3, -0.25) is 4.79 Å². The summed E-state index contributed by atoms with van der Waals surface area (Å²) in [6.45, 7) is 5.40. The normalized spacial score (nSPS) is 59.3. The van der Waals surface area contributed by atoms with Crippen LogP contribution >= 0.6 is 0 Å². The lowest BCUT2D eigenvalue weighted by atomic mass is 9.61. The summed E-state index contributed by atoms with van der Waals surface area (Å²) in [5.74, 6) is 7.74. The van der Waals surface area contributed by atoms with E-state index in [2.05, 4.69) is 13.8 Å². The largest absolute Gasteiger partial charge is 0.464 e. The molecular formula is C19H28O3. The summed E-state index contributed by atoms with van der Waals surface area (Å²) in [5.41, 5.74) is 0. The smallest absolute Gasteiger partial charge is 0.315 e. The highest BCUT2D eigenvalue weighted by Crippen LogP contribution is 2.71. The fourth-order valence-corrected chi connectivity index (χ4v) is 7.63. The number of ether oxygens (including phenoxy) is 1. The lowest BCUT2D eigenvalue weighted by Gasteiger charge is -2.44. The third kappa shape index (κ3) is 1.59. The molecule has 4 bridgehead atoms. The van der Waals surface area contributed by atoms with E-state index < -0.39 is 6.10 Å². The first-order chi connectivity index (χ1) is 10.6. The van der Waals surface area contributed by atoms with Crippen molar-refractivity contribution < 1.29 is 14.6 Å². The maximum Gasteiger partial charge on any atom is 0.315 e. The second-order valence-electron chi connectivity index (χ2n) is 9.13. The van der Waals surface area contributed by atoms with Crippen molar-refractivity contribution in [3.8, 4) is 0 Å². The average molecular weight is 304 g/mol. The molecule has 5 rings (SSSR count). The molecule has 22 heavy (non-hydrogen) atoms. The van der Waals surface area contributed by atoms with E-state index in [-0.39, 0.29) is 11.9 Å². The van der Waals surface area contributed by atoms with Gasteiger partial charge in [0, 0.05) is 0 Å². The van der Waals surface area contributed by atoms with Crippen molar-refractivity contribution in [2.75, 3.05) is 6.61 Å². The Bertz CT molecular complexity index is 503. The molecule has 1 saturated heterocycles. The number of esters is 1. The molecule has 1 aliphatic heterocycles. The second kappa shape index (κ2) is 4.49. The molecule has 0 spiro atoms. The number of aliphatic hydroxyl groups is 1. The Morgan fingerprint density at radius 2 is 1.82 bits per heavy atom. The zero-order valence-corrected chi connectivity index (χ0v) is 13.7. The summed E-state index contributed by atoms with van der Waals surface area (Å²) in [5, 5.41) is 10.4. The van der Waals surface area contributed by atoms with Gasteiger partial charge in [0.15, 0.2) is 0 Å². The van der Waals surface area contributed by atoms with Gasteiger partial charge in [-0.15, -0.1) is 0 Å². The van der Waals surface area contributed by atoms with Gasteiger partial charge in [0.05, 0.1) is 6.10 Å². The van der Waals surface area contributed by atoms with E-state index in [1.54, 1.807) is 0 Å². The SMILES string of the molecule is CC1C(C)C2CC1C1C3CC(CC(O)C4COC4=O)C(C3)C21. The van der Waals surface area contributed by atoms with Gasteiger partial charge in [0.25, 0.3) is 0 Å². The number of hydrogen-bond donors (Lipinski definition) is 1. The van der Waals surface area contributed by atoms with Gasteiger partial charge in [0.1, 0.15) is 12.5 Å². The van der Waals surface area contributed by atoms with Crippen molar-refractivity contribution in [2.45, 2.75) is 45.6 Å². The summed E-state index contributed by atoms with van der Waals surface area (Å²) in [7, 11) is 0. The van der Waals surface area contributed by atoms with Crippen LogP contribution in [0, 0.1) is 59.2 Å². The van der Waals surface area contributed by atoms with Gasteiger partial charge in [-0.2, -0.15) is 0 Å². The van der Waals surface area contributed by atoms with Crippen LogP contribution in [0.25, 0.3) is 0 Å². The molecule has 0 aromatic heterocycles. The van der Waals surface area contributed by atoms with Gasteiger partial charge in [-0.1, -0.05) is 13.8 Å². The monoisotopic (exact) mass is 304 g/mol. The number of cyclic esters (lactones) is 1. The van der Waals surface area contributed by atoms with Crippen LogP contribution in [0.2, 0.25) is 0 Å². The van der Waals surface area contributed by atoms with Gasteiger partial charge < -0.3 is 9.84 Å². The first-order valence-electron chi connectivity index (χ1n) is 9.41. The maximum atomic E-state index is 11.4. The van der Waals surface area contributed by atoms with E-state index in [1.165, 1.54) is 19.3 Å². The molecule has 1 N–H and O–H groups in total. The van der Waals surface area contributed by atoms with Crippen LogP contribution in [0.15, 0.2) is 0 Å². The predicted molar refractivity (Wildman–Crippen MR) is 81.7 cm³/mol. The van der Waals surface area contributed by atoms with E-state index in [4.69, 9.17) is 4.74 Å². The summed E-state index contributed by atoms with van der Waals surface area (Å²) < 4.78 is 4.83. The Morgan fingerprint density at radius 1 is 1.09 bits per heavy atom. The van der Waals surface area contributed by atoms with Crippen LogP contribution in [0.4, 0.5) is 0 Å². The van der Waals surface area contributed by atoms with Crippen molar-refractivity contribution in [2.24, 2.45) is 59.2 Å². The lowest BCUT2D eigenvalue weighted by Crippen LogP contribution is -2.45. The first-order valence-corrected chi connectivity index (χ1v) is 9.41. The molecule has 5 fully saturated rings. The van der Waals surface area contributed by atoms with Crippen molar-refractivity contribution in [3.05, 3.63) is 0 Å². The Hall–Kier alpha value is -0.570. The molecular weight excluding hydrogens is 276 g/mol. The van der Waals surface area contributed by atoms with E-state index >= 15 is 0 Å². The first kappa shape index (κ1) is 13.8. The highest BCUT2D eigenvalue weighted by Gasteiger charge is 2.65. The van der Waals surface area contributed by atoms with Crippen LogP contribution in [0.5, 0.6) is 0 Å². The van der Waals surface area contributed by atoms with Crippen molar-refractivity contribution in [1.82, 2.24) is 0 Å². The Balaban J connectivity index is 1.31. The molecule has 11 unspecified atom stereocenters. The van der Waals surface area contributed by atoms with Gasteiger partial charge in [-0.05, 0) is 78.9 Å². The van der Waals surface area contributed by atoms with Crippen molar-refractivity contribution in [3.63, 3.8) is 0 Å². The van der Waals surface area contributed by atoms with E-state index in [0.29, 0.717) is 12.5 Å². The molecule has 0 aromatic carbocycles. The average Bonchev–Trinajstić information content (AvgIpc) is 3.17. The standard InChI is InChI=1S/C19H28O3/c1-8-9(2)13-6-12(8)17-11-3-10(14(4-11)18(13)17)5-16(20)15-7-22-19(15)21/h8-18,20H,3-7H2,1-2H3. The van der Waals surface area contributed by atoms with Gasteiger partial charge >= 0.3 is 5.97 Å². The van der Waals surface area contributed by atoms with E-state index in [9.17, 15) is 9.90 Å². The fraction of sp³-hybridized carbons (Fsp3) is 0.947. The molecule has 122 valence electrons. The Kier molecular flexibility index (Phi) is 2.83. The molecule has 4 aliphatic carbocycles. The number of fused-ring (bicyclic) bond motifs is 9. The van der Waals surface area contributed by atoms with Gasteiger partial charge in [0.2, 0.25) is 0 Å². The number of rotatable bonds is 3. The summed E-state index contributed by atoms with van der Waals surface area (Å²) >= 11 is 0. The molecule has 3 heteroatoms. The highest BCUT2D eigenvalue weighted by atomic mass is 16.6. The topological polar surface area (TPSA) is 46.5 Å². The van der Waals surface area contributed by atoms with Crippen molar-refractivity contribution in [1.29, 1.82) is 0 Å². The number of carbonyl (C=O) groups excluding carboxylic acids is 1. The minimum Gasteiger partial charge on any atom is -0.464 e. The van der Waals surface area contributed by atoms with Gasteiger partial charge in [-0.25, -0.2) is 0 Å². The molecule has 5 aliphatic rings. The second-order valence-corrected chi connectivity index (χ2v) is 9.13. The molecule has 4 saturated carbocycles. The predicted octanol–water partition coefficient (Wildman–Crippen LogP) is 2.72. The summed E-state index contributed by atoms with van der Waals surface area (Å²) in [4.78, 5) is 11.4. The summed E-state index contributed by atoms with van der Waals surface area (Å²) in [6.07, 6.45) is 4.59. The van der Waals surface area contributed by atoms with E-state index in [1.807, 2.05) is 0 Å². The third-order valence-electron chi connectivity index (χ3n) is 8.70. The van der Waals surface area contributed by atoms with Crippen LogP contribution in [0.1, 0.15) is 39.5 Å². The minimum absolute atomic E-state index is 0.184. The Morgan fingerprint density at radius 3 is 2.45 bits per heavy atom. The Labute approximate surface area is 132 Å². The zero-order chi connectivity index (χ0) is 15.2. The number of carbonyl (C=O) groups is 1. The lowest BCUT2D eigenvalue weighted by molar-refractivity contribution is -0.178. The fourth-order valence-electron chi connectivity index (χ4n) is 7.63. The molecule has 11 atom stereocenters. The summed E-state index contributed by atoms with van der Waals surface area (Å²) in [6, 6.07) is 0. The molecule has 0 radical (unpaired) electrons. The minimum atomic E-state index is -0.459. The van der Waals surface area contributed by atoms with Crippen LogP contribution < -0.4 is 0 Å². The van der Waals surface area contributed by atoms with Crippen LogP contribution in [-0.2, 0) is 9.53 Å². The van der Waals surface area contributed by atoms with Crippen molar-refractivity contribution >= 4 is 5.97 Å². The quantitative estimate of drug-likeness (QED) is 0.644. The molecule has 0 aromatic rings. The number of hydrogen-bond acceptors (Lipinski definition) is 3.